The zero-order valence-corrected chi connectivity index (χ0v) is 14.1. The number of carbonyl (C=O) groups is 2. The van der Waals surface area contributed by atoms with E-state index in [2.05, 4.69) is 10.3 Å². The topological polar surface area (TPSA) is 75.4 Å². The average Bonchev–Trinajstić information content (AvgIpc) is 3.05. The van der Waals surface area contributed by atoms with Crippen LogP contribution in [0.4, 0.5) is 0 Å². The summed E-state index contributed by atoms with van der Waals surface area (Å²) in [6.45, 7) is 6.63. The number of carbonyl (C=O) groups excluding carboxylic acids is 2. The quantitative estimate of drug-likeness (QED) is 0.933. The smallest absolute Gasteiger partial charge is 0.289 e. The molecule has 2 amide bonds. The van der Waals surface area contributed by atoms with Crippen LogP contribution in [-0.2, 0) is 11.3 Å². The van der Waals surface area contributed by atoms with Gasteiger partial charge in [0.25, 0.3) is 5.91 Å². The van der Waals surface area contributed by atoms with Gasteiger partial charge in [0.05, 0.1) is 5.69 Å². The number of aromatic nitrogens is 1. The third-order valence-electron chi connectivity index (χ3n) is 4.21. The van der Waals surface area contributed by atoms with Gasteiger partial charge in [-0.05, 0) is 25.8 Å². The molecule has 3 rings (SSSR count). The first-order valence-electron chi connectivity index (χ1n) is 8.03. The first-order valence-corrected chi connectivity index (χ1v) is 8.03. The number of amides is 2. The lowest BCUT2D eigenvalue weighted by molar-refractivity contribution is -0.129. The van der Waals surface area contributed by atoms with E-state index in [0.717, 1.165) is 5.56 Å². The summed E-state index contributed by atoms with van der Waals surface area (Å²) in [5.74, 6) is 0.176. The standard InChI is InChI=1S/C18H21N3O3/c1-11-4-6-14(7-5-11)10-21-9-8-15(18(21)23)20-17(22)16-12(2)19-13(3)24-16/h4-7,15H,8-10H2,1-3H3,(H,20,22)/t15-/m1/s1. The predicted octanol–water partition coefficient (Wildman–Crippen LogP) is 2.13. The van der Waals surface area contributed by atoms with Crippen LogP contribution in [0, 0.1) is 20.8 Å². The maximum Gasteiger partial charge on any atom is 0.289 e. The predicted molar refractivity (Wildman–Crippen MR) is 88.4 cm³/mol. The molecule has 1 saturated heterocycles. The highest BCUT2D eigenvalue weighted by atomic mass is 16.4. The average molecular weight is 327 g/mol. The monoisotopic (exact) mass is 327 g/mol. The molecule has 24 heavy (non-hydrogen) atoms. The van der Waals surface area contributed by atoms with Gasteiger partial charge in [0.15, 0.2) is 5.89 Å². The second-order valence-corrected chi connectivity index (χ2v) is 6.21. The fourth-order valence-corrected chi connectivity index (χ4v) is 2.91. The lowest BCUT2D eigenvalue weighted by Crippen LogP contribution is -2.41. The van der Waals surface area contributed by atoms with Crippen LogP contribution in [0.5, 0.6) is 0 Å². The Balaban J connectivity index is 1.62. The highest BCUT2D eigenvalue weighted by molar-refractivity contribution is 5.96. The minimum atomic E-state index is -0.507. The van der Waals surface area contributed by atoms with Gasteiger partial charge >= 0.3 is 0 Å². The fourth-order valence-electron chi connectivity index (χ4n) is 2.91. The number of nitrogens with zero attached hydrogens (tertiary/aromatic N) is 2. The number of nitrogens with one attached hydrogen (secondary N) is 1. The molecule has 0 unspecified atom stereocenters. The Labute approximate surface area is 140 Å². The van der Waals surface area contributed by atoms with Crippen LogP contribution < -0.4 is 5.32 Å². The molecule has 0 radical (unpaired) electrons. The molecule has 0 spiro atoms. The molecule has 1 aliphatic heterocycles. The molecule has 2 aromatic rings. The van der Waals surface area contributed by atoms with Crippen LogP contribution in [0.25, 0.3) is 0 Å². The first-order chi connectivity index (χ1) is 11.4. The molecule has 1 aromatic heterocycles. The Kier molecular flexibility index (Phi) is 4.38. The van der Waals surface area contributed by atoms with Crippen molar-refractivity contribution in [2.75, 3.05) is 6.54 Å². The summed E-state index contributed by atoms with van der Waals surface area (Å²) in [7, 11) is 0. The van der Waals surface area contributed by atoms with E-state index in [4.69, 9.17) is 4.42 Å². The number of benzene rings is 1. The zero-order valence-electron chi connectivity index (χ0n) is 14.1. The normalized spacial score (nSPS) is 17.4. The van der Waals surface area contributed by atoms with Gasteiger partial charge in [-0.25, -0.2) is 4.98 Å². The van der Waals surface area contributed by atoms with E-state index in [1.807, 2.05) is 31.2 Å². The highest BCUT2D eigenvalue weighted by Gasteiger charge is 2.33. The van der Waals surface area contributed by atoms with Crippen molar-refractivity contribution < 1.29 is 14.0 Å². The van der Waals surface area contributed by atoms with E-state index in [1.54, 1.807) is 18.7 Å². The molecule has 2 heterocycles. The van der Waals surface area contributed by atoms with Gasteiger partial charge < -0.3 is 14.6 Å². The summed E-state index contributed by atoms with van der Waals surface area (Å²) in [5, 5.41) is 2.76. The van der Waals surface area contributed by atoms with E-state index in [9.17, 15) is 9.59 Å². The SMILES string of the molecule is Cc1ccc(CN2CC[C@@H](NC(=O)c3oc(C)nc3C)C2=O)cc1. The van der Waals surface area contributed by atoms with Crippen LogP contribution in [0.3, 0.4) is 0 Å². The van der Waals surface area contributed by atoms with Crippen LogP contribution in [0.1, 0.15) is 39.7 Å². The van der Waals surface area contributed by atoms with Gasteiger partial charge in [-0.1, -0.05) is 29.8 Å². The molecule has 1 aliphatic rings. The Morgan fingerprint density at radius 2 is 2.00 bits per heavy atom. The van der Waals surface area contributed by atoms with Crippen LogP contribution in [-0.4, -0.2) is 34.3 Å². The number of rotatable bonds is 4. The first kappa shape index (κ1) is 16.2. The van der Waals surface area contributed by atoms with Crippen molar-refractivity contribution in [3.8, 4) is 0 Å². The molecular formula is C18H21N3O3. The summed E-state index contributed by atoms with van der Waals surface area (Å²) >= 11 is 0. The number of hydrogen-bond acceptors (Lipinski definition) is 4. The maximum absolute atomic E-state index is 12.5. The molecule has 126 valence electrons. The van der Waals surface area contributed by atoms with Gasteiger partial charge in [0, 0.05) is 20.0 Å². The van der Waals surface area contributed by atoms with Gasteiger partial charge in [-0.3, -0.25) is 9.59 Å². The molecular weight excluding hydrogens is 306 g/mol. The number of likely N-dealkylation sites (tertiary alicyclic amines) is 1. The highest BCUT2D eigenvalue weighted by Crippen LogP contribution is 2.17. The van der Waals surface area contributed by atoms with Gasteiger partial charge in [0.2, 0.25) is 11.7 Å². The molecule has 1 fully saturated rings. The van der Waals surface area contributed by atoms with Crippen molar-refractivity contribution in [1.82, 2.24) is 15.2 Å². The zero-order chi connectivity index (χ0) is 17.3. The molecule has 1 N–H and O–H groups in total. The molecule has 0 bridgehead atoms. The summed E-state index contributed by atoms with van der Waals surface area (Å²) < 4.78 is 5.31. The molecule has 1 atom stereocenters. The van der Waals surface area contributed by atoms with E-state index in [1.165, 1.54) is 5.56 Å². The van der Waals surface area contributed by atoms with E-state index in [0.29, 0.717) is 31.1 Å². The van der Waals surface area contributed by atoms with Gasteiger partial charge in [0.1, 0.15) is 6.04 Å². The minimum absolute atomic E-state index is 0.0576. The maximum atomic E-state index is 12.5. The molecule has 1 aromatic carbocycles. The Morgan fingerprint density at radius 3 is 2.62 bits per heavy atom. The lowest BCUT2D eigenvalue weighted by Gasteiger charge is -2.17. The van der Waals surface area contributed by atoms with Gasteiger partial charge in [-0.2, -0.15) is 0 Å². The van der Waals surface area contributed by atoms with Crippen molar-refractivity contribution in [2.24, 2.45) is 0 Å². The van der Waals surface area contributed by atoms with Crippen LogP contribution in [0.2, 0.25) is 0 Å². The van der Waals surface area contributed by atoms with Crippen molar-refractivity contribution in [2.45, 2.75) is 39.8 Å². The summed E-state index contributed by atoms with van der Waals surface area (Å²) in [6.07, 6.45) is 0.600. The van der Waals surface area contributed by atoms with Crippen LogP contribution in [0.15, 0.2) is 28.7 Å². The van der Waals surface area contributed by atoms with Crippen molar-refractivity contribution >= 4 is 11.8 Å². The third-order valence-corrected chi connectivity index (χ3v) is 4.21. The van der Waals surface area contributed by atoms with E-state index < -0.39 is 6.04 Å². The van der Waals surface area contributed by atoms with E-state index in [-0.39, 0.29) is 17.6 Å². The third kappa shape index (κ3) is 3.32. The lowest BCUT2D eigenvalue weighted by atomic mass is 10.1. The minimum Gasteiger partial charge on any atom is -0.436 e. The number of aryl methyl sites for hydroxylation is 3. The molecule has 0 saturated carbocycles. The Morgan fingerprint density at radius 1 is 1.29 bits per heavy atom. The van der Waals surface area contributed by atoms with Crippen molar-refractivity contribution in [3.63, 3.8) is 0 Å². The Hall–Kier alpha value is -2.63. The van der Waals surface area contributed by atoms with E-state index >= 15 is 0 Å². The number of oxazole rings is 1. The number of hydrogen-bond donors (Lipinski definition) is 1. The Bertz CT molecular complexity index is 764. The second-order valence-electron chi connectivity index (χ2n) is 6.21. The molecule has 6 heteroatoms. The summed E-state index contributed by atoms with van der Waals surface area (Å²) in [6, 6.07) is 7.60. The molecule has 0 aliphatic carbocycles. The second kappa shape index (κ2) is 6.47. The summed E-state index contributed by atoms with van der Waals surface area (Å²) in [4.78, 5) is 30.6. The van der Waals surface area contributed by atoms with Gasteiger partial charge in [-0.15, -0.1) is 0 Å². The van der Waals surface area contributed by atoms with Crippen molar-refractivity contribution in [3.05, 3.63) is 52.7 Å². The fraction of sp³-hybridized carbons (Fsp3) is 0.389. The largest absolute Gasteiger partial charge is 0.436 e. The molecule has 6 nitrogen and oxygen atoms in total. The summed E-state index contributed by atoms with van der Waals surface area (Å²) in [5.41, 5.74) is 2.81. The van der Waals surface area contributed by atoms with Crippen molar-refractivity contribution in [1.29, 1.82) is 0 Å². The van der Waals surface area contributed by atoms with Crippen LogP contribution >= 0.6 is 0 Å².